The quantitative estimate of drug-likeness (QED) is 0.609. The van der Waals surface area contributed by atoms with Crippen molar-refractivity contribution in [3.05, 3.63) is 47.4 Å². The molecule has 3 heterocycles. The number of rotatable bonds is 2. The van der Waals surface area contributed by atoms with Gasteiger partial charge in [-0.05, 0) is 31.5 Å². The van der Waals surface area contributed by atoms with Gasteiger partial charge in [-0.3, -0.25) is 8.97 Å². The number of fused-ring (bicyclic) bond motifs is 3. The first-order valence-electron chi connectivity index (χ1n) is 7.75. The molecule has 0 aliphatic rings. The number of methoxy groups -OCH3 is 1. The molecule has 0 saturated heterocycles. The first kappa shape index (κ1) is 15.0. The molecule has 7 nitrogen and oxygen atoms in total. The number of nitrogen functional groups attached to an aromatic ring is 1. The Morgan fingerprint density at radius 2 is 2.04 bits per heavy atom. The van der Waals surface area contributed by atoms with Gasteiger partial charge in [0.25, 0.3) is 0 Å². The molecule has 4 rings (SSSR count). The van der Waals surface area contributed by atoms with Gasteiger partial charge in [0.05, 0.1) is 12.8 Å². The van der Waals surface area contributed by atoms with Crippen molar-refractivity contribution < 1.29 is 4.74 Å². The van der Waals surface area contributed by atoms with Crippen LogP contribution in [-0.4, -0.2) is 26.3 Å². The fraction of sp³-hybridized carbons (Fsp3) is 0.167. The second-order valence-corrected chi connectivity index (χ2v) is 5.91. The fourth-order valence-corrected chi connectivity index (χ4v) is 3.40. The fourth-order valence-electron chi connectivity index (χ4n) is 3.40. The minimum absolute atomic E-state index is 0.382. The van der Waals surface area contributed by atoms with E-state index in [0.29, 0.717) is 17.0 Å². The number of benzene rings is 1. The summed E-state index contributed by atoms with van der Waals surface area (Å²) < 4.78 is 9.16. The Labute approximate surface area is 143 Å². The molecule has 0 unspecified atom stereocenters. The van der Waals surface area contributed by atoms with Crippen molar-refractivity contribution in [3.8, 4) is 17.5 Å². The second kappa shape index (κ2) is 5.24. The lowest BCUT2D eigenvalue weighted by Gasteiger charge is -2.17. The van der Waals surface area contributed by atoms with E-state index in [4.69, 9.17) is 10.5 Å². The van der Waals surface area contributed by atoms with Crippen LogP contribution in [0.25, 0.3) is 22.2 Å². The molecule has 1 aromatic carbocycles. The van der Waals surface area contributed by atoms with Gasteiger partial charge in [-0.2, -0.15) is 5.26 Å². The summed E-state index contributed by atoms with van der Waals surface area (Å²) in [4.78, 5) is 0. The van der Waals surface area contributed by atoms with Crippen molar-refractivity contribution in [2.75, 3.05) is 12.8 Å². The Morgan fingerprint density at radius 1 is 1.24 bits per heavy atom. The second-order valence-electron chi connectivity index (χ2n) is 5.91. The smallest absolute Gasteiger partial charge is 0.185 e. The first-order valence-corrected chi connectivity index (χ1v) is 7.75. The Bertz CT molecular complexity index is 1180. The number of hydrogen-bond acceptors (Lipinski definition) is 5. The number of pyridine rings is 1. The third-order valence-electron chi connectivity index (χ3n) is 4.57. The molecular formula is C18H16N6O. The summed E-state index contributed by atoms with van der Waals surface area (Å²) in [6.45, 7) is 3.98. The van der Waals surface area contributed by atoms with Crippen LogP contribution in [0.4, 0.5) is 5.82 Å². The van der Waals surface area contributed by atoms with Gasteiger partial charge in [0.15, 0.2) is 5.65 Å². The molecule has 0 amide bonds. The number of aryl methyl sites for hydroxylation is 1. The van der Waals surface area contributed by atoms with E-state index in [-0.39, 0.29) is 0 Å². The Morgan fingerprint density at radius 3 is 2.76 bits per heavy atom. The highest BCUT2D eigenvalue weighted by Gasteiger charge is 2.22. The van der Waals surface area contributed by atoms with E-state index in [1.165, 1.54) is 0 Å². The van der Waals surface area contributed by atoms with Gasteiger partial charge in [0.2, 0.25) is 0 Å². The van der Waals surface area contributed by atoms with Gasteiger partial charge in [-0.15, -0.1) is 10.2 Å². The molecule has 0 atom stereocenters. The molecular weight excluding hydrogens is 316 g/mol. The summed E-state index contributed by atoms with van der Waals surface area (Å²) in [6, 6.07) is 7.98. The van der Waals surface area contributed by atoms with Crippen LogP contribution < -0.4 is 10.5 Å². The summed E-state index contributed by atoms with van der Waals surface area (Å²) in [7, 11) is 1.63. The summed E-state index contributed by atoms with van der Waals surface area (Å²) >= 11 is 0. The first-order chi connectivity index (χ1) is 12.1. The topological polar surface area (TPSA) is 94.2 Å². The number of aromatic nitrogens is 4. The third kappa shape index (κ3) is 1.91. The highest BCUT2D eigenvalue weighted by molar-refractivity contribution is 6.01. The Balaban J connectivity index is 2.26. The summed E-state index contributed by atoms with van der Waals surface area (Å²) in [5.74, 6) is 1.14. The van der Waals surface area contributed by atoms with E-state index < -0.39 is 0 Å². The van der Waals surface area contributed by atoms with Crippen LogP contribution in [0, 0.1) is 25.2 Å². The molecule has 2 N–H and O–H groups in total. The van der Waals surface area contributed by atoms with Gasteiger partial charge in [-0.25, -0.2) is 0 Å². The van der Waals surface area contributed by atoms with Crippen molar-refractivity contribution in [2.45, 2.75) is 13.8 Å². The van der Waals surface area contributed by atoms with E-state index in [2.05, 4.69) is 16.3 Å². The molecule has 0 aliphatic heterocycles. The molecule has 124 valence electrons. The Kier molecular flexibility index (Phi) is 3.15. The largest absolute Gasteiger partial charge is 0.496 e. The van der Waals surface area contributed by atoms with Crippen LogP contribution in [0.15, 0.2) is 30.7 Å². The molecule has 25 heavy (non-hydrogen) atoms. The number of nitrogens with zero attached hydrogens (tertiary/aromatic N) is 5. The van der Waals surface area contributed by atoms with Crippen molar-refractivity contribution in [2.24, 2.45) is 0 Å². The number of nitrogens with two attached hydrogens (primary N) is 1. The van der Waals surface area contributed by atoms with Crippen LogP contribution in [-0.2, 0) is 0 Å². The maximum absolute atomic E-state index is 9.63. The molecule has 0 radical (unpaired) electrons. The van der Waals surface area contributed by atoms with E-state index in [9.17, 15) is 5.26 Å². The molecule has 4 aromatic rings. The van der Waals surface area contributed by atoms with Crippen LogP contribution in [0.5, 0.6) is 5.75 Å². The number of anilines is 1. The van der Waals surface area contributed by atoms with Crippen molar-refractivity contribution in [1.82, 2.24) is 19.2 Å². The summed E-state index contributed by atoms with van der Waals surface area (Å²) in [5.41, 5.74) is 11.1. The Hall–Kier alpha value is -3.53. The highest BCUT2D eigenvalue weighted by Crippen LogP contribution is 2.37. The lowest BCUT2D eigenvalue weighted by atomic mass is 10.1. The van der Waals surface area contributed by atoms with E-state index in [1.54, 1.807) is 13.4 Å². The van der Waals surface area contributed by atoms with E-state index >= 15 is 0 Å². The number of ether oxygens (including phenoxy) is 1. The van der Waals surface area contributed by atoms with Crippen molar-refractivity contribution in [1.29, 1.82) is 5.26 Å². The van der Waals surface area contributed by atoms with Gasteiger partial charge < -0.3 is 10.5 Å². The molecule has 7 heteroatoms. The van der Waals surface area contributed by atoms with Gasteiger partial charge in [0, 0.05) is 17.1 Å². The zero-order valence-corrected chi connectivity index (χ0v) is 14.1. The van der Waals surface area contributed by atoms with E-state index in [0.717, 1.165) is 33.5 Å². The van der Waals surface area contributed by atoms with Gasteiger partial charge >= 0.3 is 0 Å². The van der Waals surface area contributed by atoms with Gasteiger partial charge in [-0.1, -0.05) is 6.07 Å². The SMILES string of the molecule is COc1ccc(C)c(-n2c(N)c(C#N)c3ccn4cnnc4c32)c1C. The monoisotopic (exact) mass is 332 g/mol. The zero-order chi connectivity index (χ0) is 17.7. The lowest BCUT2D eigenvalue weighted by molar-refractivity contribution is 0.411. The number of hydrogen-bond donors (Lipinski definition) is 1. The summed E-state index contributed by atoms with van der Waals surface area (Å²) in [6.07, 6.45) is 3.45. The predicted molar refractivity (Wildman–Crippen MR) is 95.0 cm³/mol. The molecule has 0 bridgehead atoms. The minimum atomic E-state index is 0.382. The standard InChI is InChI=1S/C18H16N6O/c1-10-4-5-14(25-3)11(2)15(10)24-16-12(13(8-19)17(24)20)6-7-23-9-21-22-18(16)23/h4-7,9H,20H2,1-3H3. The maximum atomic E-state index is 9.63. The molecule has 0 spiro atoms. The minimum Gasteiger partial charge on any atom is -0.496 e. The normalized spacial score (nSPS) is 11.1. The number of nitriles is 1. The highest BCUT2D eigenvalue weighted by atomic mass is 16.5. The van der Waals surface area contributed by atoms with Gasteiger partial charge in [0.1, 0.15) is 35.0 Å². The van der Waals surface area contributed by atoms with Crippen LogP contribution in [0.2, 0.25) is 0 Å². The van der Waals surface area contributed by atoms with Crippen molar-refractivity contribution >= 4 is 22.4 Å². The zero-order valence-electron chi connectivity index (χ0n) is 14.1. The molecule has 0 saturated carbocycles. The predicted octanol–water partition coefficient (Wildman–Crippen LogP) is 2.75. The average Bonchev–Trinajstić information content (AvgIpc) is 3.17. The van der Waals surface area contributed by atoms with Crippen LogP contribution in [0.1, 0.15) is 16.7 Å². The van der Waals surface area contributed by atoms with E-state index in [1.807, 2.05) is 47.2 Å². The summed E-state index contributed by atoms with van der Waals surface area (Å²) in [5, 5.41) is 18.6. The lowest BCUT2D eigenvalue weighted by Crippen LogP contribution is -2.06. The van der Waals surface area contributed by atoms with Crippen LogP contribution in [0.3, 0.4) is 0 Å². The molecule has 3 aromatic heterocycles. The molecule has 0 fully saturated rings. The third-order valence-corrected chi connectivity index (χ3v) is 4.57. The average molecular weight is 332 g/mol. The van der Waals surface area contributed by atoms with Crippen LogP contribution >= 0.6 is 0 Å². The maximum Gasteiger partial charge on any atom is 0.185 e. The molecule has 0 aliphatic carbocycles. The van der Waals surface area contributed by atoms with Crippen molar-refractivity contribution in [3.63, 3.8) is 0 Å².